The Kier molecular flexibility index (Phi) is 7.07. The molecule has 0 bridgehead atoms. The van der Waals surface area contributed by atoms with Gasteiger partial charge in [-0.25, -0.2) is 9.97 Å². The minimum Gasteiger partial charge on any atom is -0.245 e. The molecule has 48 heavy (non-hydrogen) atoms. The molecule has 4 aromatic heterocycles. The fourth-order valence-corrected chi connectivity index (χ4v) is 7.58. The molecule has 0 aliphatic carbocycles. The van der Waals surface area contributed by atoms with E-state index in [1.807, 2.05) is 36.4 Å². The molecule has 4 heterocycles. The van der Waals surface area contributed by atoms with Crippen LogP contribution >= 0.6 is 22.7 Å². The number of rotatable bonds is 6. The van der Waals surface area contributed by atoms with E-state index in [4.69, 9.17) is 9.97 Å². The van der Waals surface area contributed by atoms with Crippen LogP contribution in [0.3, 0.4) is 0 Å². The zero-order chi connectivity index (χ0) is 31.9. The SMILES string of the molecule is c1cc(-c2nnc(-c3ccc(-c4nnc(-c5cccc(-c6cccc7ccccc67)n5)s4)cc3)s2)nc(-c2cccc3ccccc23)c1. The molecule has 0 spiro atoms. The van der Waals surface area contributed by atoms with Crippen LogP contribution in [0.15, 0.2) is 146 Å². The highest BCUT2D eigenvalue weighted by molar-refractivity contribution is 7.18. The van der Waals surface area contributed by atoms with Gasteiger partial charge in [-0.2, -0.15) is 0 Å². The third kappa shape index (κ3) is 5.23. The number of pyridine rings is 2. The van der Waals surface area contributed by atoms with Gasteiger partial charge in [0, 0.05) is 22.3 Å². The Balaban J connectivity index is 0.958. The Hall–Kier alpha value is -5.96. The van der Waals surface area contributed by atoms with Crippen LogP contribution in [-0.4, -0.2) is 30.4 Å². The molecule has 0 saturated carbocycles. The van der Waals surface area contributed by atoms with Crippen molar-refractivity contribution in [2.24, 2.45) is 0 Å². The van der Waals surface area contributed by atoms with Crippen molar-refractivity contribution in [1.82, 2.24) is 30.4 Å². The zero-order valence-corrected chi connectivity index (χ0v) is 27.0. The minimum absolute atomic E-state index is 0.781. The average molecular weight is 653 g/mol. The molecule has 0 saturated heterocycles. The van der Waals surface area contributed by atoms with Crippen LogP contribution in [-0.2, 0) is 0 Å². The molecule has 0 atom stereocenters. The summed E-state index contributed by atoms with van der Waals surface area (Å²) in [5, 5.41) is 26.0. The first-order valence-electron chi connectivity index (χ1n) is 15.5. The molecule has 0 aliphatic rings. The molecule has 226 valence electrons. The first-order valence-corrected chi connectivity index (χ1v) is 17.1. The first-order chi connectivity index (χ1) is 23.8. The van der Waals surface area contributed by atoms with Crippen molar-refractivity contribution in [2.45, 2.75) is 0 Å². The van der Waals surface area contributed by atoms with Crippen molar-refractivity contribution < 1.29 is 0 Å². The van der Waals surface area contributed by atoms with Crippen LogP contribution < -0.4 is 0 Å². The van der Waals surface area contributed by atoms with Crippen LogP contribution in [0, 0.1) is 0 Å². The van der Waals surface area contributed by atoms with Gasteiger partial charge in [0.25, 0.3) is 0 Å². The predicted octanol–water partition coefficient (Wildman–Crippen LogP) is 10.5. The maximum atomic E-state index is 4.98. The largest absolute Gasteiger partial charge is 0.245 e. The van der Waals surface area contributed by atoms with Crippen molar-refractivity contribution >= 4 is 44.2 Å². The summed E-state index contributed by atoms with van der Waals surface area (Å²) < 4.78 is 0. The highest BCUT2D eigenvalue weighted by atomic mass is 32.1. The molecule has 9 aromatic rings. The van der Waals surface area contributed by atoms with Crippen molar-refractivity contribution in [3.63, 3.8) is 0 Å². The molecule has 5 aromatic carbocycles. The molecule has 0 N–H and O–H groups in total. The van der Waals surface area contributed by atoms with E-state index in [2.05, 4.69) is 130 Å². The third-order valence-electron chi connectivity index (χ3n) is 8.30. The molecule has 0 fully saturated rings. The molecule has 0 aliphatic heterocycles. The predicted molar refractivity (Wildman–Crippen MR) is 197 cm³/mol. The number of hydrogen-bond acceptors (Lipinski definition) is 8. The first kappa shape index (κ1) is 28.3. The lowest BCUT2D eigenvalue weighted by Gasteiger charge is -2.07. The monoisotopic (exact) mass is 652 g/mol. The van der Waals surface area contributed by atoms with Crippen LogP contribution in [0.4, 0.5) is 0 Å². The number of fused-ring (bicyclic) bond motifs is 2. The minimum atomic E-state index is 0.781. The normalized spacial score (nSPS) is 11.3. The summed E-state index contributed by atoms with van der Waals surface area (Å²) in [5.41, 5.74) is 7.62. The second kappa shape index (κ2) is 12.0. The van der Waals surface area contributed by atoms with Crippen LogP contribution in [0.2, 0.25) is 0 Å². The lowest BCUT2D eigenvalue weighted by atomic mass is 10.0. The van der Waals surface area contributed by atoms with Gasteiger partial charge in [-0.15, -0.1) is 20.4 Å². The molecule has 9 rings (SSSR count). The molecule has 6 nitrogen and oxygen atoms in total. The van der Waals surface area contributed by atoms with Gasteiger partial charge >= 0.3 is 0 Å². The van der Waals surface area contributed by atoms with Crippen molar-refractivity contribution in [3.05, 3.63) is 146 Å². The maximum absolute atomic E-state index is 4.98. The van der Waals surface area contributed by atoms with E-state index >= 15 is 0 Å². The van der Waals surface area contributed by atoms with Crippen LogP contribution in [0.25, 0.3) is 86.6 Å². The van der Waals surface area contributed by atoms with Gasteiger partial charge in [0.05, 0.1) is 11.4 Å². The number of benzene rings is 5. The van der Waals surface area contributed by atoms with Gasteiger partial charge in [0.15, 0.2) is 10.0 Å². The van der Waals surface area contributed by atoms with E-state index in [0.29, 0.717) is 0 Å². The lowest BCUT2D eigenvalue weighted by molar-refractivity contribution is 1.09. The lowest BCUT2D eigenvalue weighted by Crippen LogP contribution is -1.88. The second-order valence-corrected chi connectivity index (χ2v) is 13.2. The molecule has 0 radical (unpaired) electrons. The van der Waals surface area contributed by atoms with Crippen molar-refractivity contribution in [1.29, 1.82) is 0 Å². The van der Waals surface area contributed by atoms with Gasteiger partial charge in [-0.3, -0.25) is 0 Å². The van der Waals surface area contributed by atoms with Crippen LogP contribution in [0.5, 0.6) is 0 Å². The van der Waals surface area contributed by atoms with E-state index in [-0.39, 0.29) is 0 Å². The smallest absolute Gasteiger partial charge is 0.166 e. The van der Waals surface area contributed by atoms with Gasteiger partial charge in [0.2, 0.25) is 0 Å². The van der Waals surface area contributed by atoms with E-state index in [1.165, 1.54) is 44.2 Å². The summed E-state index contributed by atoms with van der Waals surface area (Å²) in [4.78, 5) is 9.95. The van der Waals surface area contributed by atoms with E-state index in [0.717, 1.165) is 65.1 Å². The molecular weight excluding hydrogens is 629 g/mol. The maximum Gasteiger partial charge on any atom is 0.166 e. The van der Waals surface area contributed by atoms with Gasteiger partial charge < -0.3 is 0 Å². The average Bonchev–Trinajstić information content (AvgIpc) is 3.86. The van der Waals surface area contributed by atoms with E-state index in [9.17, 15) is 0 Å². The molecular formula is C40H24N6S2. The number of nitrogens with zero attached hydrogens (tertiary/aromatic N) is 6. The van der Waals surface area contributed by atoms with Gasteiger partial charge in [0.1, 0.15) is 21.4 Å². The summed E-state index contributed by atoms with van der Waals surface area (Å²) in [6.45, 7) is 0. The Morgan fingerprint density at radius 1 is 0.312 bits per heavy atom. The molecule has 0 unspecified atom stereocenters. The topological polar surface area (TPSA) is 77.3 Å². The summed E-state index contributed by atoms with van der Waals surface area (Å²) >= 11 is 3.06. The Morgan fingerprint density at radius 2 is 0.688 bits per heavy atom. The summed E-state index contributed by atoms with van der Waals surface area (Å²) in [7, 11) is 0. The summed E-state index contributed by atoms with van der Waals surface area (Å²) in [5.74, 6) is 0. The Morgan fingerprint density at radius 3 is 1.17 bits per heavy atom. The Labute approximate surface area is 284 Å². The van der Waals surface area contributed by atoms with Crippen molar-refractivity contribution in [3.8, 4) is 65.1 Å². The van der Waals surface area contributed by atoms with Gasteiger partial charge in [-0.1, -0.05) is 144 Å². The zero-order valence-electron chi connectivity index (χ0n) is 25.4. The van der Waals surface area contributed by atoms with E-state index < -0.39 is 0 Å². The van der Waals surface area contributed by atoms with Crippen LogP contribution in [0.1, 0.15) is 0 Å². The molecule has 8 heteroatoms. The summed E-state index contributed by atoms with van der Waals surface area (Å²) in [6.07, 6.45) is 0. The Bertz CT molecular complexity index is 2400. The standard InChI is InChI=1S/C40H24N6S2/c1-3-13-29-25(9-1)11-5-15-31(29)33-17-7-19-35(41-33)39-45-43-37(47-39)27-21-23-28(24-22-27)38-44-46-40(48-38)36-20-8-18-34(42-36)32-16-6-12-26-10-2-4-14-30(26)32/h1-24H. The fraction of sp³-hybridized carbons (Fsp3) is 0. The quantitative estimate of drug-likeness (QED) is 0.178. The second-order valence-electron chi connectivity index (χ2n) is 11.3. The number of hydrogen-bond donors (Lipinski definition) is 0. The fourth-order valence-electron chi connectivity index (χ4n) is 5.95. The van der Waals surface area contributed by atoms with Gasteiger partial charge in [-0.05, 0) is 45.8 Å². The third-order valence-corrected chi connectivity index (χ3v) is 10.3. The summed E-state index contributed by atoms with van der Waals surface area (Å²) in [6, 6.07) is 49.7. The van der Waals surface area contributed by atoms with E-state index in [1.54, 1.807) is 0 Å². The highest BCUT2D eigenvalue weighted by Crippen LogP contribution is 2.35. The highest BCUT2D eigenvalue weighted by Gasteiger charge is 2.15. The van der Waals surface area contributed by atoms with Crippen molar-refractivity contribution in [2.75, 3.05) is 0 Å². The number of aromatic nitrogens is 6. The molecule has 0 amide bonds.